The summed E-state index contributed by atoms with van der Waals surface area (Å²) in [5, 5.41) is 17.0. The van der Waals surface area contributed by atoms with E-state index in [1.165, 1.54) is 12.5 Å². The molecule has 2 atom stereocenters. The van der Waals surface area contributed by atoms with Crippen LogP contribution in [-0.2, 0) is 14.3 Å². The number of amides is 1. The van der Waals surface area contributed by atoms with Crippen LogP contribution >= 0.6 is 0 Å². The Bertz CT molecular complexity index is 769. The van der Waals surface area contributed by atoms with Crippen molar-refractivity contribution in [2.75, 3.05) is 46.4 Å². The molecule has 2 N–H and O–H groups in total. The van der Waals surface area contributed by atoms with E-state index in [0.29, 0.717) is 51.2 Å². The van der Waals surface area contributed by atoms with Gasteiger partial charge in [0.2, 0.25) is 0 Å². The summed E-state index contributed by atoms with van der Waals surface area (Å²) < 4.78 is 41.9. The van der Waals surface area contributed by atoms with E-state index in [9.17, 15) is 27.9 Å². The number of furan rings is 1. The molecular formula is C19H25F3N2O7. The molecule has 9 nitrogen and oxygen atoms in total. The molecule has 174 valence electrons. The second kappa shape index (κ2) is 10.1. The number of carbonyl (C=O) groups is 3. The Morgan fingerprint density at radius 1 is 1.29 bits per heavy atom. The quantitative estimate of drug-likeness (QED) is 0.697. The number of ether oxygens (including phenoxy) is 1. The van der Waals surface area contributed by atoms with Gasteiger partial charge in [-0.05, 0) is 18.9 Å². The van der Waals surface area contributed by atoms with Crippen molar-refractivity contribution in [1.82, 2.24) is 9.80 Å². The Morgan fingerprint density at radius 3 is 2.48 bits per heavy atom. The number of fused-ring (bicyclic) bond motifs is 1. The van der Waals surface area contributed by atoms with Gasteiger partial charge in [-0.15, -0.1) is 0 Å². The predicted molar refractivity (Wildman–Crippen MR) is 99.4 cm³/mol. The van der Waals surface area contributed by atoms with Gasteiger partial charge in [-0.3, -0.25) is 14.5 Å². The van der Waals surface area contributed by atoms with Crippen LogP contribution < -0.4 is 0 Å². The Morgan fingerprint density at radius 2 is 1.97 bits per heavy atom. The maximum absolute atomic E-state index is 12.6. The van der Waals surface area contributed by atoms with Crippen LogP contribution in [0, 0.1) is 11.3 Å². The summed E-state index contributed by atoms with van der Waals surface area (Å²) in [4.78, 5) is 37.5. The highest BCUT2D eigenvalue weighted by Gasteiger charge is 2.53. The molecule has 0 spiro atoms. The van der Waals surface area contributed by atoms with Crippen LogP contribution in [0.3, 0.4) is 0 Å². The first kappa shape index (κ1) is 24.7. The summed E-state index contributed by atoms with van der Waals surface area (Å²) in [6, 6.07) is 1.65. The maximum atomic E-state index is 12.6. The van der Waals surface area contributed by atoms with Gasteiger partial charge >= 0.3 is 18.1 Å². The molecule has 0 aliphatic carbocycles. The van der Waals surface area contributed by atoms with E-state index in [0.717, 1.165) is 6.54 Å². The fourth-order valence-corrected chi connectivity index (χ4v) is 4.03. The Balaban J connectivity index is 0.000000423. The SMILES string of the molecule is COCCN1C[C@@H]2CN(C(=O)c3ccoc3)CCC[C@]2(C(=O)O)C1.O=C(O)C(F)(F)F. The normalized spacial score (nSPS) is 24.0. The molecule has 3 heterocycles. The molecule has 0 unspecified atom stereocenters. The summed E-state index contributed by atoms with van der Waals surface area (Å²) in [5.74, 6) is -3.65. The minimum Gasteiger partial charge on any atom is -0.481 e. The highest BCUT2D eigenvalue weighted by atomic mass is 19.4. The van der Waals surface area contributed by atoms with Gasteiger partial charge in [0.25, 0.3) is 5.91 Å². The van der Waals surface area contributed by atoms with Crippen molar-refractivity contribution in [3.8, 4) is 0 Å². The number of carbonyl (C=O) groups excluding carboxylic acids is 1. The molecule has 2 aliphatic rings. The molecule has 3 rings (SSSR count). The third kappa shape index (κ3) is 5.97. The van der Waals surface area contributed by atoms with Crippen LogP contribution in [0.4, 0.5) is 13.2 Å². The lowest BCUT2D eigenvalue weighted by Gasteiger charge is -2.29. The zero-order valence-corrected chi connectivity index (χ0v) is 16.9. The van der Waals surface area contributed by atoms with Crippen LogP contribution in [0.1, 0.15) is 23.2 Å². The molecule has 31 heavy (non-hydrogen) atoms. The minimum absolute atomic E-state index is 0.0646. The molecule has 1 aromatic heterocycles. The van der Waals surface area contributed by atoms with Gasteiger partial charge in [0.05, 0.1) is 23.8 Å². The van der Waals surface area contributed by atoms with E-state index in [2.05, 4.69) is 4.90 Å². The molecule has 1 amide bonds. The van der Waals surface area contributed by atoms with Crippen LogP contribution in [0.15, 0.2) is 23.0 Å². The molecule has 0 aromatic carbocycles. The first-order valence-electron chi connectivity index (χ1n) is 9.57. The van der Waals surface area contributed by atoms with E-state index in [1.54, 1.807) is 18.1 Å². The first-order chi connectivity index (χ1) is 14.5. The van der Waals surface area contributed by atoms with Crippen LogP contribution in [0.25, 0.3) is 0 Å². The highest BCUT2D eigenvalue weighted by Crippen LogP contribution is 2.43. The monoisotopic (exact) mass is 450 g/mol. The molecule has 2 saturated heterocycles. The van der Waals surface area contributed by atoms with E-state index in [-0.39, 0.29) is 11.8 Å². The summed E-state index contributed by atoms with van der Waals surface area (Å²) in [7, 11) is 1.65. The van der Waals surface area contributed by atoms with E-state index < -0.39 is 23.5 Å². The lowest BCUT2D eigenvalue weighted by Crippen LogP contribution is -2.42. The highest BCUT2D eigenvalue weighted by molar-refractivity contribution is 5.94. The van der Waals surface area contributed by atoms with Gasteiger partial charge in [-0.1, -0.05) is 0 Å². The average Bonchev–Trinajstić information content (AvgIpc) is 3.30. The van der Waals surface area contributed by atoms with Crippen LogP contribution in [0.2, 0.25) is 0 Å². The molecule has 2 fully saturated rings. The number of rotatable bonds is 5. The fourth-order valence-electron chi connectivity index (χ4n) is 4.03. The second-order valence-electron chi connectivity index (χ2n) is 7.56. The topological polar surface area (TPSA) is 121 Å². The molecule has 2 aliphatic heterocycles. The standard InChI is InChI=1S/C17H24N2O5.C2HF3O2/c1-23-8-6-18-9-14-10-19(15(20)13-3-7-24-11-13)5-2-4-17(14,12-18)16(21)22;3-2(4,5)1(6)7/h3,7,11,14H,2,4-6,8-10,12H2,1H3,(H,21,22);(H,6,7)/t14-,17+;/m1./s1. The number of nitrogens with zero attached hydrogens (tertiary/aromatic N) is 2. The van der Waals surface area contributed by atoms with E-state index >= 15 is 0 Å². The smallest absolute Gasteiger partial charge is 0.481 e. The third-order valence-corrected chi connectivity index (χ3v) is 5.59. The number of carboxylic acid groups (broad SMARTS) is 2. The summed E-state index contributed by atoms with van der Waals surface area (Å²) in [6.45, 7) is 3.58. The van der Waals surface area contributed by atoms with Crippen molar-refractivity contribution in [3.05, 3.63) is 24.2 Å². The fraction of sp³-hybridized carbons (Fsp3) is 0.632. The van der Waals surface area contributed by atoms with E-state index in [4.69, 9.17) is 19.1 Å². The first-order valence-corrected chi connectivity index (χ1v) is 9.57. The summed E-state index contributed by atoms with van der Waals surface area (Å²) in [5.41, 5.74) is -0.244. The maximum Gasteiger partial charge on any atom is 0.490 e. The van der Waals surface area contributed by atoms with Gasteiger partial charge in [0, 0.05) is 45.8 Å². The number of aliphatic carboxylic acids is 2. The zero-order chi connectivity index (χ0) is 23.2. The molecule has 0 saturated carbocycles. The van der Waals surface area contributed by atoms with E-state index in [1.807, 2.05) is 0 Å². The average molecular weight is 450 g/mol. The number of hydrogen-bond acceptors (Lipinski definition) is 6. The molecule has 0 bridgehead atoms. The third-order valence-electron chi connectivity index (χ3n) is 5.59. The Labute approximate surface area is 176 Å². The molecule has 12 heteroatoms. The lowest BCUT2D eigenvalue weighted by molar-refractivity contribution is -0.192. The van der Waals surface area contributed by atoms with Gasteiger partial charge in [0.1, 0.15) is 6.26 Å². The largest absolute Gasteiger partial charge is 0.490 e. The molecular weight excluding hydrogens is 425 g/mol. The number of hydrogen-bond donors (Lipinski definition) is 2. The number of carboxylic acids is 2. The van der Waals surface area contributed by atoms with Crippen LogP contribution in [0.5, 0.6) is 0 Å². The minimum atomic E-state index is -5.08. The number of methoxy groups -OCH3 is 1. The summed E-state index contributed by atoms with van der Waals surface area (Å²) in [6.07, 6.45) is -0.859. The Hall–Kier alpha value is -2.60. The van der Waals surface area contributed by atoms with Gasteiger partial charge < -0.3 is 24.3 Å². The van der Waals surface area contributed by atoms with Crippen molar-refractivity contribution in [3.63, 3.8) is 0 Å². The molecule has 0 radical (unpaired) electrons. The van der Waals surface area contributed by atoms with Crippen molar-refractivity contribution >= 4 is 17.8 Å². The number of likely N-dealkylation sites (tertiary alicyclic amines) is 2. The van der Waals surface area contributed by atoms with Gasteiger partial charge in [0.15, 0.2) is 0 Å². The zero-order valence-electron chi connectivity index (χ0n) is 16.9. The van der Waals surface area contributed by atoms with Crippen LogP contribution in [-0.4, -0.2) is 90.5 Å². The van der Waals surface area contributed by atoms with Gasteiger partial charge in [-0.2, -0.15) is 13.2 Å². The Kier molecular flexibility index (Phi) is 8.07. The van der Waals surface area contributed by atoms with Gasteiger partial charge in [-0.25, -0.2) is 4.79 Å². The van der Waals surface area contributed by atoms with Crippen molar-refractivity contribution in [2.24, 2.45) is 11.3 Å². The molecule has 1 aromatic rings. The summed E-state index contributed by atoms with van der Waals surface area (Å²) >= 11 is 0. The lowest BCUT2D eigenvalue weighted by atomic mass is 9.75. The second-order valence-corrected chi connectivity index (χ2v) is 7.56. The predicted octanol–water partition coefficient (Wildman–Crippen LogP) is 1.80. The number of halogens is 3. The van der Waals surface area contributed by atoms with Crippen molar-refractivity contribution < 1.29 is 46.9 Å². The number of alkyl halides is 3. The van der Waals surface area contributed by atoms with Crippen molar-refractivity contribution in [2.45, 2.75) is 19.0 Å². The van der Waals surface area contributed by atoms with Crippen molar-refractivity contribution in [1.29, 1.82) is 0 Å².